The monoisotopic (exact) mass is 452 g/mol. The molecular weight excluding hydrogens is 428 g/mol. The van der Waals surface area contributed by atoms with Crippen molar-refractivity contribution in [2.24, 2.45) is 0 Å². The highest BCUT2D eigenvalue weighted by atomic mass is 79.9. The molecule has 0 spiro atoms. The minimum absolute atomic E-state index is 0.0677. The molecule has 1 unspecified atom stereocenters. The molecule has 2 aromatic rings. The number of nitrogens with zero attached hydrogens (tertiary/aromatic N) is 2. The molecule has 4 nitrogen and oxygen atoms in total. The van der Waals surface area contributed by atoms with Crippen molar-refractivity contribution >= 4 is 38.8 Å². The van der Waals surface area contributed by atoms with Crippen LogP contribution in [0.15, 0.2) is 65.3 Å². The average molecular weight is 453 g/mol. The zero-order valence-corrected chi connectivity index (χ0v) is 18.4. The third-order valence-corrected chi connectivity index (χ3v) is 6.19. The summed E-state index contributed by atoms with van der Waals surface area (Å²) in [4.78, 5) is 17.0. The van der Waals surface area contributed by atoms with Gasteiger partial charge in [0, 0.05) is 29.4 Å². The summed E-state index contributed by atoms with van der Waals surface area (Å²) in [6.45, 7) is 2.91. The summed E-state index contributed by atoms with van der Waals surface area (Å²) in [5.41, 5.74) is 3.86. The summed E-state index contributed by atoms with van der Waals surface area (Å²) in [7, 11) is 1.79. The standard InChI is InChI=1S/C24H25BrN2O2/c1-3-4-8-18-16-29-22-12-7-9-19-17(13-14-27(18)24(19)22)15-23(28)26(2)21-11-6-5-10-20(21)25/h5-7,9-15,18H,3-4,8,16H2,1-2H3/b17-15+. The first-order valence-corrected chi connectivity index (χ1v) is 10.9. The van der Waals surface area contributed by atoms with Crippen molar-refractivity contribution in [2.75, 3.05) is 23.5 Å². The van der Waals surface area contributed by atoms with Crippen LogP contribution in [-0.2, 0) is 4.79 Å². The van der Waals surface area contributed by atoms with Gasteiger partial charge in [0.2, 0.25) is 0 Å². The second-order valence-corrected chi connectivity index (χ2v) is 8.29. The van der Waals surface area contributed by atoms with Gasteiger partial charge in [-0.3, -0.25) is 4.79 Å². The van der Waals surface area contributed by atoms with Gasteiger partial charge in [0.25, 0.3) is 5.91 Å². The molecule has 4 rings (SSSR count). The fourth-order valence-corrected chi connectivity index (χ4v) is 4.44. The Labute approximate surface area is 180 Å². The van der Waals surface area contributed by atoms with Gasteiger partial charge in [0.05, 0.1) is 17.4 Å². The molecule has 29 heavy (non-hydrogen) atoms. The van der Waals surface area contributed by atoms with E-state index in [1.165, 1.54) is 12.8 Å². The predicted octanol–water partition coefficient (Wildman–Crippen LogP) is 5.78. The van der Waals surface area contributed by atoms with Crippen molar-refractivity contribution in [3.63, 3.8) is 0 Å². The number of halogens is 1. The molecule has 2 heterocycles. The van der Waals surface area contributed by atoms with Crippen LogP contribution in [0, 0.1) is 0 Å². The predicted molar refractivity (Wildman–Crippen MR) is 122 cm³/mol. The quantitative estimate of drug-likeness (QED) is 0.538. The van der Waals surface area contributed by atoms with Crippen molar-refractivity contribution in [2.45, 2.75) is 32.2 Å². The Bertz CT molecular complexity index is 983. The normalized spacial score (nSPS) is 18.4. The number of anilines is 2. The highest BCUT2D eigenvalue weighted by molar-refractivity contribution is 9.10. The van der Waals surface area contributed by atoms with Crippen LogP contribution in [0.4, 0.5) is 11.4 Å². The Morgan fingerprint density at radius 3 is 2.90 bits per heavy atom. The fraction of sp³-hybridized carbons (Fsp3) is 0.292. The number of carbonyl (C=O) groups excluding carboxylic acids is 1. The second-order valence-electron chi connectivity index (χ2n) is 7.43. The molecule has 0 fully saturated rings. The molecule has 150 valence electrons. The maximum atomic E-state index is 13.0. The van der Waals surface area contributed by atoms with E-state index >= 15 is 0 Å². The van der Waals surface area contributed by atoms with Crippen LogP contribution in [0.1, 0.15) is 31.7 Å². The number of unbranched alkanes of at least 4 members (excludes halogenated alkanes) is 1. The average Bonchev–Trinajstić information content (AvgIpc) is 2.74. The molecule has 0 aromatic heterocycles. The van der Waals surface area contributed by atoms with E-state index in [-0.39, 0.29) is 5.91 Å². The van der Waals surface area contributed by atoms with Crippen molar-refractivity contribution in [3.05, 3.63) is 70.9 Å². The Balaban J connectivity index is 1.66. The molecular formula is C24H25BrN2O2. The first-order chi connectivity index (χ1) is 14.1. The molecule has 1 atom stereocenters. The largest absolute Gasteiger partial charge is 0.489 e. The lowest BCUT2D eigenvalue weighted by Gasteiger charge is -2.40. The van der Waals surface area contributed by atoms with Crippen LogP contribution in [-0.4, -0.2) is 25.6 Å². The molecule has 0 aliphatic carbocycles. The van der Waals surface area contributed by atoms with Gasteiger partial charge in [0.15, 0.2) is 0 Å². The van der Waals surface area contributed by atoms with Gasteiger partial charge in [-0.2, -0.15) is 0 Å². The van der Waals surface area contributed by atoms with E-state index < -0.39 is 0 Å². The van der Waals surface area contributed by atoms with Crippen molar-refractivity contribution in [3.8, 4) is 5.75 Å². The highest BCUT2D eigenvalue weighted by Crippen LogP contribution is 2.44. The Morgan fingerprint density at radius 2 is 2.10 bits per heavy atom. The number of amides is 1. The summed E-state index contributed by atoms with van der Waals surface area (Å²) in [5.74, 6) is 0.818. The number of hydrogen-bond donors (Lipinski definition) is 0. The SMILES string of the molecule is CCCCC1COc2cccc3c2N1C=C/C3=C\C(=O)N(C)c1ccccc1Br. The molecule has 0 N–H and O–H groups in total. The van der Waals surface area contributed by atoms with Gasteiger partial charge in [-0.25, -0.2) is 0 Å². The number of ether oxygens (including phenoxy) is 1. The van der Waals surface area contributed by atoms with Gasteiger partial charge in [-0.15, -0.1) is 0 Å². The van der Waals surface area contributed by atoms with Crippen LogP contribution in [0.5, 0.6) is 5.75 Å². The zero-order chi connectivity index (χ0) is 20.4. The first kappa shape index (κ1) is 19.8. The van der Waals surface area contributed by atoms with E-state index in [2.05, 4.69) is 40.0 Å². The van der Waals surface area contributed by atoms with Crippen LogP contribution >= 0.6 is 15.9 Å². The van der Waals surface area contributed by atoms with Gasteiger partial charge in [-0.05, 0) is 52.2 Å². The van der Waals surface area contributed by atoms with Crippen molar-refractivity contribution in [1.82, 2.24) is 0 Å². The van der Waals surface area contributed by atoms with Gasteiger partial charge in [-0.1, -0.05) is 44.0 Å². The number of rotatable bonds is 5. The van der Waals surface area contributed by atoms with Crippen LogP contribution in [0.3, 0.4) is 0 Å². The Morgan fingerprint density at radius 1 is 1.28 bits per heavy atom. The van der Waals surface area contributed by atoms with E-state index in [1.807, 2.05) is 42.5 Å². The molecule has 0 saturated carbocycles. The molecule has 5 heteroatoms. The summed E-state index contributed by atoms with van der Waals surface area (Å²) < 4.78 is 6.95. The molecule has 0 bridgehead atoms. The number of para-hydroxylation sites is 2. The molecule has 2 aromatic carbocycles. The van der Waals surface area contributed by atoms with Gasteiger partial charge in [0.1, 0.15) is 12.4 Å². The van der Waals surface area contributed by atoms with Gasteiger partial charge >= 0.3 is 0 Å². The van der Waals surface area contributed by atoms with Crippen LogP contribution in [0.2, 0.25) is 0 Å². The van der Waals surface area contributed by atoms with E-state index in [9.17, 15) is 4.79 Å². The summed E-state index contributed by atoms with van der Waals surface area (Å²) >= 11 is 3.53. The molecule has 1 amide bonds. The van der Waals surface area contributed by atoms with Crippen LogP contribution < -0.4 is 14.5 Å². The Kier molecular flexibility index (Phi) is 5.76. The topological polar surface area (TPSA) is 32.8 Å². The summed E-state index contributed by atoms with van der Waals surface area (Å²) in [6, 6.07) is 14.1. The number of carbonyl (C=O) groups is 1. The number of benzene rings is 2. The lowest BCUT2D eigenvalue weighted by molar-refractivity contribution is -0.113. The van der Waals surface area contributed by atoms with E-state index in [0.717, 1.165) is 39.2 Å². The highest BCUT2D eigenvalue weighted by Gasteiger charge is 2.31. The summed E-state index contributed by atoms with van der Waals surface area (Å²) in [5, 5.41) is 0. The molecule has 0 saturated heterocycles. The number of allylic oxidation sites excluding steroid dienone is 2. The van der Waals surface area contributed by atoms with Crippen molar-refractivity contribution < 1.29 is 9.53 Å². The molecule has 0 radical (unpaired) electrons. The summed E-state index contributed by atoms with van der Waals surface area (Å²) in [6.07, 6.45) is 9.29. The zero-order valence-electron chi connectivity index (χ0n) is 16.8. The third-order valence-electron chi connectivity index (χ3n) is 5.52. The second kappa shape index (κ2) is 8.46. The van der Waals surface area contributed by atoms with E-state index in [4.69, 9.17) is 4.74 Å². The maximum absolute atomic E-state index is 13.0. The van der Waals surface area contributed by atoms with Crippen LogP contribution in [0.25, 0.3) is 5.57 Å². The first-order valence-electron chi connectivity index (χ1n) is 10.1. The minimum Gasteiger partial charge on any atom is -0.489 e. The maximum Gasteiger partial charge on any atom is 0.251 e. The molecule has 2 aliphatic rings. The third kappa shape index (κ3) is 3.84. The van der Waals surface area contributed by atoms with E-state index in [1.54, 1.807) is 18.0 Å². The fourth-order valence-electron chi connectivity index (χ4n) is 3.89. The number of hydrogen-bond acceptors (Lipinski definition) is 3. The number of likely N-dealkylation sites (N-methyl/N-ethyl adjacent to an activating group) is 1. The lowest BCUT2D eigenvalue weighted by atomic mass is 9.95. The molecule has 2 aliphatic heterocycles. The minimum atomic E-state index is -0.0677. The van der Waals surface area contributed by atoms with E-state index in [0.29, 0.717) is 12.6 Å². The smallest absolute Gasteiger partial charge is 0.251 e. The Hall–Kier alpha value is -2.53. The lowest BCUT2D eigenvalue weighted by Crippen LogP contribution is -2.41. The van der Waals surface area contributed by atoms with Gasteiger partial charge < -0.3 is 14.5 Å². The van der Waals surface area contributed by atoms with Crippen molar-refractivity contribution in [1.29, 1.82) is 0 Å².